The van der Waals surface area contributed by atoms with Gasteiger partial charge in [0.1, 0.15) is 5.25 Å². The first-order chi connectivity index (χ1) is 6.45. The Balaban J connectivity index is 3.08. The third kappa shape index (κ3) is 2.70. The van der Waals surface area contributed by atoms with Crippen LogP contribution in [-0.4, -0.2) is 26.4 Å². The molecule has 0 heterocycles. The molecule has 0 spiro atoms. The summed E-state index contributed by atoms with van der Waals surface area (Å²) >= 11 is 5.66. The average molecular weight is 235 g/mol. The normalized spacial score (nSPS) is 13.9. The molecule has 0 saturated heterocycles. The van der Waals surface area contributed by atoms with Gasteiger partial charge >= 0.3 is 0 Å². The molecule has 0 aliphatic carbocycles. The molecule has 1 unspecified atom stereocenters. The van der Waals surface area contributed by atoms with Crippen LogP contribution in [0.2, 0.25) is 5.02 Å². The summed E-state index contributed by atoms with van der Waals surface area (Å²) in [6.45, 7) is -0.416. The van der Waals surface area contributed by atoms with Gasteiger partial charge in [0.2, 0.25) is 0 Å². The van der Waals surface area contributed by atoms with E-state index in [9.17, 15) is 8.42 Å². The van der Waals surface area contributed by atoms with Gasteiger partial charge in [-0.3, -0.25) is 0 Å². The fourth-order valence-electron chi connectivity index (χ4n) is 1.17. The Labute approximate surface area is 88.2 Å². The van der Waals surface area contributed by atoms with E-state index in [0.29, 0.717) is 10.6 Å². The number of hydrogen-bond acceptors (Lipinski definition) is 3. The minimum Gasteiger partial charge on any atom is -0.395 e. The molecule has 0 saturated carbocycles. The van der Waals surface area contributed by atoms with E-state index in [0.717, 1.165) is 6.26 Å². The first-order valence-electron chi connectivity index (χ1n) is 4.00. The van der Waals surface area contributed by atoms with Crippen LogP contribution in [0.15, 0.2) is 24.3 Å². The molecule has 1 atom stereocenters. The lowest BCUT2D eigenvalue weighted by Crippen LogP contribution is -2.15. The van der Waals surface area contributed by atoms with Crippen LogP contribution < -0.4 is 0 Å². The molecule has 0 aromatic heterocycles. The van der Waals surface area contributed by atoms with E-state index in [4.69, 9.17) is 16.7 Å². The van der Waals surface area contributed by atoms with Crippen LogP contribution in [0.3, 0.4) is 0 Å². The summed E-state index contributed by atoms with van der Waals surface area (Å²) in [7, 11) is -3.27. The Hall–Kier alpha value is -0.580. The molecule has 0 amide bonds. The lowest BCUT2D eigenvalue weighted by atomic mass is 10.1. The smallest absolute Gasteiger partial charge is 0.156 e. The van der Waals surface area contributed by atoms with E-state index in [1.54, 1.807) is 24.3 Å². The molecule has 0 bridgehead atoms. The van der Waals surface area contributed by atoms with Gasteiger partial charge in [0.05, 0.1) is 6.61 Å². The Morgan fingerprint density at radius 1 is 1.36 bits per heavy atom. The molecular weight excluding hydrogens is 224 g/mol. The summed E-state index contributed by atoms with van der Waals surface area (Å²) in [5.74, 6) is 0. The summed E-state index contributed by atoms with van der Waals surface area (Å²) in [5, 5.41) is 8.65. The quantitative estimate of drug-likeness (QED) is 0.861. The molecule has 14 heavy (non-hydrogen) atoms. The van der Waals surface area contributed by atoms with Gasteiger partial charge in [0.25, 0.3) is 0 Å². The zero-order valence-corrected chi connectivity index (χ0v) is 9.22. The zero-order valence-electron chi connectivity index (χ0n) is 7.64. The van der Waals surface area contributed by atoms with E-state index in [-0.39, 0.29) is 0 Å². The number of halogens is 1. The number of aliphatic hydroxyl groups is 1. The van der Waals surface area contributed by atoms with Crippen molar-refractivity contribution in [1.29, 1.82) is 0 Å². The van der Waals surface area contributed by atoms with Gasteiger partial charge in [-0.25, -0.2) is 8.42 Å². The molecule has 0 radical (unpaired) electrons. The third-order valence-electron chi connectivity index (χ3n) is 1.92. The summed E-state index contributed by atoms with van der Waals surface area (Å²) < 4.78 is 22.5. The van der Waals surface area contributed by atoms with E-state index < -0.39 is 21.7 Å². The van der Waals surface area contributed by atoms with Crippen molar-refractivity contribution in [3.63, 3.8) is 0 Å². The molecule has 0 fully saturated rings. The molecule has 1 rings (SSSR count). The lowest BCUT2D eigenvalue weighted by molar-refractivity contribution is 0.292. The number of aliphatic hydroxyl groups excluding tert-OH is 1. The summed E-state index contributed by atoms with van der Waals surface area (Å²) in [6, 6.07) is 6.41. The van der Waals surface area contributed by atoms with Gasteiger partial charge in [-0.05, 0) is 17.7 Å². The maximum atomic E-state index is 11.3. The number of sulfone groups is 1. The molecule has 3 nitrogen and oxygen atoms in total. The topological polar surface area (TPSA) is 54.4 Å². The van der Waals surface area contributed by atoms with Crippen LogP contribution in [0, 0.1) is 0 Å². The third-order valence-corrected chi connectivity index (χ3v) is 3.63. The van der Waals surface area contributed by atoms with Crippen LogP contribution in [0.4, 0.5) is 0 Å². The number of rotatable bonds is 3. The highest BCUT2D eigenvalue weighted by atomic mass is 35.5. The largest absolute Gasteiger partial charge is 0.395 e. The van der Waals surface area contributed by atoms with Gasteiger partial charge in [-0.15, -0.1) is 0 Å². The van der Waals surface area contributed by atoms with Crippen LogP contribution in [0.25, 0.3) is 0 Å². The van der Waals surface area contributed by atoms with Crippen LogP contribution >= 0.6 is 11.6 Å². The molecular formula is C9H11ClO3S. The van der Waals surface area contributed by atoms with Crippen LogP contribution in [0.5, 0.6) is 0 Å². The molecule has 1 N–H and O–H groups in total. The monoisotopic (exact) mass is 234 g/mol. The van der Waals surface area contributed by atoms with Crippen molar-refractivity contribution in [2.75, 3.05) is 12.9 Å². The van der Waals surface area contributed by atoms with Crippen molar-refractivity contribution in [3.8, 4) is 0 Å². The maximum absolute atomic E-state index is 11.3. The minimum absolute atomic E-state index is 0.416. The zero-order chi connectivity index (χ0) is 10.8. The fraction of sp³-hybridized carbons (Fsp3) is 0.333. The Morgan fingerprint density at radius 2 is 1.86 bits per heavy atom. The second kappa shape index (κ2) is 4.29. The summed E-state index contributed by atoms with van der Waals surface area (Å²) in [6.07, 6.45) is 1.10. The molecule has 0 aliphatic heterocycles. The summed E-state index contributed by atoms with van der Waals surface area (Å²) in [5.41, 5.74) is 0.555. The first-order valence-corrected chi connectivity index (χ1v) is 6.33. The molecule has 1 aromatic carbocycles. The Kier molecular flexibility index (Phi) is 3.53. The van der Waals surface area contributed by atoms with Crippen LogP contribution in [-0.2, 0) is 9.84 Å². The van der Waals surface area contributed by atoms with Crippen molar-refractivity contribution in [3.05, 3.63) is 34.9 Å². The predicted molar refractivity (Wildman–Crippen MR) is 56.1 cm³/mol. The summed E-state index contributed by atoms with van der Waals surface area (Å²) in [4.78, 5) is 0. The molecule has 78 valence electrons. The molecule has 0 aliphatic rings. The van der Waals surface area contributed by atoms with Crippen molar-refractivity contribution in [2.24, 2.45) is 0 Å². The average Bonchev–Trinajstić information content (AvgIpc) is 2.07. The van der Waals surface area contributed by atoms with Crippen molar-refractivity contribution >= 4 is 21.4 Å². The lowest BCUT2D eigenvalue weighted by Gasteiger charge is -2.12. The van der Waals surface area contributed by atoms with Gasteiger partial charge in [-0.2, -0.15) is 0 Å². The van der Waals surface area contributed by atoms with Gasteiger partial charge in [0, 0.05) is 11.3 Å². The van der Waals surface area contributed by atoms with Gasteiger partial charge in [-0.1, -0.05) is 23.7 Å². The number of hydrogen-bond donors (Lipinski definition) is 1. The van der Waals surface area contributed by atoms with Crippen LogP contribution in [0.1, 0.15) is 10.8 Å². The van der Waals surface area contributed by atoms with E-state index in [2.05, 4.69) is 0 Å². The minimum atomic E-state index is -3.27. The fourth-order valence-corrected chi connectivity index (χ4v) is 2.21. The molecule has 5 heteroatoms. The second-order valence-electron chi connectivity index (χ2n) is 3.05. The highest BCUT2D eigenvalue weighted by Crippen LogP contribution is 2.22. The van der Waals surface area contributed by atoms with E-state index in [1.807, 2.05) is 0 Å². The Morgan fingerprint density at radius 3 is 2.21 bits per heavy atom. The number of benzene rings is 1. The van der Waals surface area contributed by atoms with Crippen molar-refractivity contribution < 1.29 is 13.5 Å². The Bertz CT molecular complexity index is 397. The van der Waals surface area contributed by atoms with Crippen molar-refractivity contribution in [2.45, 2.75) is 5.25 Å². The standard InChI is InChI=1S/C9H11ClO3S/c1-14(12,13)9(6-11)7-2-4-8(10)5-3-7/h2-5,9,11H,6H2,1H3. The SMILES string of the molecule is CS(=O)(=O)C(CO)c1ccc(Cl)cc1. The highest BCUT2D eigenvalue weighted by Gasteiger charge is 2.21. The van der Waals surface area contributed by atoms with E-state index >= 15 is 0 Å². The van der Waals surface area contributed by atoms with E-state index in [1.165, 1.54) is 0 Å². The predicted octanol–water partition coefficient (Wildman–Crippen LogP) is 1.42. The highest BCUT2D eigenvalue weighted by molar-refractivity contribution is 7.90. The second-order valence-corrected chi connectivity index (χ2v) is 5.72. The van der Waals surface area contributed by atoms with Gasteiger partial charge < -0.3 is 5.11 Å². The van der Waals surface area contributed by atoms with Gasteiger partial charge in [0.15, 0.2) is 9.84 Å². The first kappa shape index (κ1) is 11.5. The molecule has 1 aromatic rings. The van der Waals surface area contributed by atoms with Crippen molar-refractivity contribution in [1.82, 2.24) is 0 Å². The maximum Gasteiger partial charge on any atom is 0.156 e.